The fourth-order valence-corrected chi connectivity index (χ4v) is 1.68. The Morgan fingerprint density at radius 3 is 2.50 bits per heavy atom. The summed E-state index contributed by atoms with van der Waals surface area (Å²) in [5, 5.41) is 8.75. The number of nitrogens with zero attached hydrogens (tertiary/aromatic N) is 2. The van der Waals surface area contributed by atoms with Gasteiger partial charge in [0, 0.05) is 12.2 Å². The lowest BCUT2D eigenvalue weighted by molar-refractivity contribution is -0.141. The number of rotatable bonds is 6. The maximum atomic E-state index is 11.5. The number of esters is 1. The third-order valence-electron chi connectivity index (χ3n) is 2.48. The van der Waals surface area contributed by atoms with E-state index in [1.165, 1.54) is 0 Å². The van der Waals surface area contributed by atoms with Gasteiger partial charge >= 0.3 is 5.97 Å². The molecule has 18 heavy (non-hydrogen) atoms. The van der Waals surface area contributed by atoms with Crippen molar-refractivity contribution in [1.29, 1.82) is 5.26 Å². The molecule has 0 N–H and O–H groups in total. The summed E-state index contributed by atoms with van der Waals surface area (Å²) in [6, 6.07) is 9.29. The fourth-order valence-electron chi connectivity index (χ4n) is 1.68. The van der Waals surface area contributed by atoms with Crippen LogP contribution in [-0.2, 0) is 9.53 Å². The van der Waals surface area contributed by atoms with E-state index in [9.17, 15) is 4.79 Å². The fraction of sp³-hybridized carbons (Fsp3) is 0.429. The summed E-state index contributed by atoms with van der Waals surface area (Å²) in [5.74, 6) is -0.227. The highest BCUT2D eigenvalue weighted by Gasteiger charge is 2.11. The molecule has 0 aliphatic heterocycles. The largest absolute Gasteiger partial charge is 0.465 e. The van der Waals surface area contributed by atoms with E-state index in [0.717, 1.165) is 18.7 Å². The van der Waals surface area contributed by atoms with E-state index in [2.05, 4.69) is 13.0 Å². The molecule has 0 saturated heterocycles. The standard InChI is InChI=1S/C14H18N2O2/c1-3-9-16(11-14(17)18-4-2)13-7-5-12(10-15)6-8-13/h5-8H,3-4,9,11H2,1-2H3. The molecule has 0 saturated carbocycles. The Morgan fingerprint density at radius 1 is 1.33 bits per heavy atom. The van der Waals surface area contributed by atoms with Crippen LogP contribution in [0.4, 0.5) is 5.69 Å². The Labute approximate surface area is 108 Å². The van der Waals surface area contributed by atoms with Crippen molar-refractivity contribution in [3.8, 4) is 6.07 Å². The van der Waals surface area contributed by atoms with E-state index in [1.807, 2.05) is 17.0 Å². The second-order valence-electron chi connectivity index (χ2n) is 3.89. The summed E-state index contributed by atoms with van der Waals surface area (Å²) in [7, 11) is 0. The van der Waals surface area contributed by atoms with Gasteiger partial charge in [0.05, 0.1) is 18.2 Å². The van der Waals surface area contributed by atoms with Crippen molar-refractivity contribution in [2.45, 2.75) is 20.3 Å². The van der Waals surface area contributed by atoms with Crippen LogP contribution in [0.3, 0.4) is 0 Å². The molecule has 0 radical (unpaired) electrons. The van der Waals surface area contributed by atoms with Gasteiger partial charge in [-0.1, -0.05) is 6.92 Å². The average molecular weight is 246 g/mol. The topological polar surface area (TPSA) is 53.3 Å². The Morgan fingerprint density at radius 2 is 2.00 bits per heavy atom. The molecule has 1 rings (SSSR count). The van der Waals surface area contributed by atoms with Crippen molar-refractivity contribution >= 4 is 11.7 Å². The molecule has 0 bridgehead atoms. The molecule has 0 aliphatic rings. The second kappa shape index (κ2) is 7.33. The summed E-state index contributed by atoms with van der Waals surface area (Å²) in [6.45, 7) is 5.27. The van der Waals surface area contributed by atoms with Crippen LogP contribution in [-0.4, -0.2) is 25.7 Å². The molecule has 4 heteroatoms. The van der Waals surface area contributed by atoms with Gasteiger partial charge < -0.3 is 9.64 Å². The molecule has 0 heterocycles. The third-order valence-corrected chi connectivity index (χ3v) is 2.48. The van der Waals surface area contributed by atoms with Gasteiger partial charge in [-0.05, 0) is 37.6 Å². The normalized spacial score (nSPS) is 9.61. The summed E-state index contributed by atoms with van der Waals surface area (Å²) in [6.07, 6.45) is 0.944. The first-order valence-electron chi connectivity index (χ1n) is 6.12. The molecule has 96 valence electrons. The number of hydrogen-bond acceptors (Lipinski definition) is 4. The molecule has 0 spiro atoms. The van der Waals surface area contributed by atoms with Gasteiger partial charge in [-0.15, -0.1) is 0 Å². The number of benzene rings is 1. The summed E-state index contributed by atoms with van der Waals surface area (Å²) < 4.78 is 4.95. The predicted octanol–water partition coefficient (Wildman–Crippen LogP) is 2.34. The molecule has 4 nitrogen and oxygen atoms in total. The highest BCUT2D eigenvalue weighted by Crippen LogP contribution is 2.15. The first kappa shape index (κ1) is 14.0. The van der Waals surface area contributed by atoms with Crippen molar-refractivity contribution in [3.63, 3.8) is 0 Å². The molecule has 1 aromatic carbocycles. The lowest BCUT2D eigenvalue weighted by atomic mass is 10.2. The first-order valence-corrected chi connectivity index (χ1v) is 6.12. The van der Waals surface area contributed by atoms with Crippen LogP contribution in [0.5, 0.6) is 0 Å². The number of nitriles is 1. The van der Waals surface area contributed by atoms with Crippen LogP contribution in [0.2, 0.25) is 0 Å². The zero-order valence-electron chi connectivity index (χ0n) is 10.8. The van der Waals surface area contributed by atoms with Gasteiger partial charge in [0.2, 0.25) is 0 Å². The monoisotopic (exact) mass is 246 g/mol. The Hall–Kier alpha value is -2.02. The molecular weight excluding hydrogens is 228 g/mol. The number of carbonyl (C=O) groups excluding carboxylic acids is 1. The van der Waals surface area contributed by atoms with Crippen LogP contribution < -0.4 is 4.90 Å². The number of ether oxygens (including phenoxy) is 1. The van der Waals surface area contributed by atoms with Crippen LogP contribution in [0, 0.1) is 11.3 Å². The lowest BCUT2D eigenvalue weighted by Gasteiger charge is -2.23. The molecular formula is C14H18N2O2. The van der Waals surface area contributed by atoms with E-state index in [0.29, 0.717) is 12.2 Å². The number of hydrogen-bond donors (Lipinski definition) is 0. The smallest absolute Gasteiger partial charge is 0.325 e. The van der Waals surface area contributed by atoms with Gasteiger partial charge in [0.1, 0.15) is 6.54 Å². The average Bonchev–Trinajstić information content (AvgIpc) is 2.39. The zero-order chi connectivity index (χ0) is 13.4. The van der Waals surface area contributed by atoms with E-state index in [1.54, 1.807) is 19.1 Å². The van der Waals surface area contributed by atoms with Gasteiger partial charge in [-0.3, -0.25) is 4.79 Å². The minimum atomic E-state index is -0.227. The Balaban J connectivity index is 2.76. The van der Waals surface area contributed by atoms with Crippen LogP contribution in [0.15, 0.2) is 24.3 Å². The minimum Gasteiger partial charge on any atom is -0.465 e. The first-order chi connectivity index (χ1) is 8.71. The van der Waals surface area contributed by atoms with E-state index in [4.69, 9.17) is 10.00 Å². The molecule has 0 aliphatic carbocycles. The highest BCUT2D eigenvalue weighted by molar-refractivity contribution is 5.75. The Bertz CT molecular complexity index is 420. The van der Waals surface area contributed by atoms with Crippen molar-refractivity contribution in [2.24, 2.45) is 0 Å². The van der Waals surface area contributed by atoms with Gasteiger partial charge in [0.25, 0.3) is 0 Å². The molecule has 0 unspecified atom stereocenters. The summed E-state index contributed by atoms with van der Waals surface area (Å²) in [5.41, 5.74) is 1.55. The van der Waals surface area contributed by atoms with Gasteiger partial charge in [-0.2, -0.15) is 5.26 Å². The molecule has 0 fully saturated rings. The lowest BCUT2D eigenvalue weighted by Crippen LogP contribution is -2.31. The number of anilines is 1. The van der Waals surface area contributed by atoms with Crippen molar-refractivity contribution in [2.75, 3.05) is 24.6 Å². The maximum Gasteiger partial charge on any atom is 0.325 e. The predicted molar refractivity (Wildman–Crippen MR) is 70.3 cm³/mol. The number of carbonyl (C=O) groups is 1. The van der Waals surface area contributed by atoms with Crippen LogP contribution >= 0.6 is 0 Å². The van der Waals surface area contributed by atoms with Crippen molar-refractivity contribution < 1.29 is 9.53 Å². The van der Waals surface area contributed by atoms with Gasteiger partial charge in [-0.25, -0.2) is 0 Å². The van der Waals surface area contributed by atoms with Crippen molar-refractivity contribution in [3.05, 3.63) is 29.8 Å². The van der Waals surface area contributed by atoms with Crippen molar-refractivity contribution in [1.82, 2.24) is 0 Å². The summed E-state index contributed by atoms with van der Waals surface area (Å²) >= 11 is 0. The summed E-state index contributed by atoms with van der Waals surface area (Å²) in [4.78, 5) is 13.5. The van der Waals surface area contributed by atoms with Crippen LogP contribution in [0.1, 0.15) is 25.8 Å². The zero-order valence-corrected chi connectivity index (χ0v) is 10.8. The third kappa shape index (κ3) is 4.10. The highest BCUT2D eigenvalue weighted by atomic mass is 16.5. The second-order valence-corrected chi connectivity index (χ2v) is 3.89. The molecule has 1 aromatic rings. The molecule has 0 atom stereocenters. The van der Waals surface area contributed by atoms with Gasteiger partial charge in [0.15, 0.2) is 0 Å². The van der Waals surface area contributed by atoms with E-state index in [-0.39, 0.29) is 12.5 Å². The SMILES string of the molecule is CCCN(CC(=O)OCC)c1ccc(C#N)cc1. The Kier molecular flexibility index (Phi) is 5.72. The molecule has 0 amide bonds. The maximum absolute atomic E-state index is 11.5. The van der Waals surface area contributed by atoms with Crippen LogP contribution in [0.25, 0.3) is 0 Å². The van der Waals surface area contributed by atoms with E-state index < -0.39 is 0 Å². The molecule has 0 aromatic heterocycles. The van der Waals surface area contributed by atoms with E-state index >= 15 is 0 Å². The minimum absolute atomic E-state index is 0.227. The quantitative estimate of drug-likeness (QED) is 0.723.